The number of benzene rings is 3. The SMILES string of the molecule is CC[C@H](C(=O)NC1CCCCC1)N(Cc1ccccc1Cl)C(=O)CN(c1cccc(C)c1)S(=O)(=O)c1ccccc1. The van der Waals surface area contributed by atoms with Crippen LogP contribution in [0.1, 0.15) is 56.6 Å². The molecule has 0 aliphatic heterocycles. The molecule has 1 aliphatic carbocycles. The van der Waals surface area contributed by atoms with Crippen LogP contribution in [-0.2, 0) is 26.2 Å². The highest BCUT2D eigenvalue weighted by Gasteiger charge is 2.34. The van der Waals surface area contributed by atoms with Gasteiger partial charge in [-0.3, -0.25) is 13.9 Å². The van der Waals surface area contributed by atoms with Gasteiger partial charge in [0.25, 0.3) is 10.0 Å². The Morgan fingerprint density at radius 2 is 1.63 bits per heavy atom. The van der Waals surface area contributed by atoms with Gasteiger partial charge in [0.1, 0.15) is 12.6 Å². The van der Waals surface area contributed by atoms with Crippen LogP contribution in [0.2, 0.25) is 5.02 Å². The number of amides is 2. The van der Waals surface area contributed by atoms with E-state index in [0.717, 1.165) is 42.0 Å². The lowest BCUT2D eigenvalue weighted by atomic mass is 9.95. The Morgan fingerprint density at radius 3 is 2.29 bits per heavy atom. The number of nitrogens with zero attached hydrogens (tertiary/aromatic N) is 2. The molecule has 3 aromatic carbocycles. The van der Waals surface area contributed by atoms with Gasteiger partial charge in [0, 0.05) is 17.6 Å². The van der Waals surface area contributed by atoms with Crippen molar-refractivity contribution >= 4 is 39.1 Å². The molecule has 0 heterocycles. The first-order chi connectivity index (χ1) is 19.7. The average molecular weight is 596 g/mol. The van der Waals surface area contributed by atoms with E-state index >= 15 is 0 Å². The van der Waals surface area contributed by atoms with E-state index in [9.17, 15) is 18.0 Å². The molecule has 218 valence electrons. The standard InChI is InChI=1S/C32H38ClN3O4S/c1-3-30(32(38)34-26-15-6-4-7-16-26)35(22-25-14-10-11-20-29(25)33)31(37)23-36(27-17-12-13-24(2)21-27)41(39,40)28-18-8-5-9-19-28/h5,8-14,17-21,26,30H,3-4,6-7,15-16,22-23H2,1-2H3,(H,34,38)/t30-/m1/s1. The van der Waals surface area contributed by atoms with E-state index in [1.165, 1.54) is 17.0 Å². The van der Waals surface area contributed by atoms with Crippen molar-refractivity contribution in [3.8, 4) is 0 Å². The zero-order valence-electron chi connectivity index (χ0n) is 23.6. The zero-order valence-corrected chi connectivity index (χ0v) is 25.2. The van der Waals surface area contributed by atoms with Crippen molar-refractivity contribution in [2.75, 3.05) is 10.8 Å². The number of anilines is 1. The summed E-state index contributed by atoms with van der Waals surface area (Å²) in [7, 11) is -4.10. The monoisotopic (exact) mass is 595 g/mol. The van der Waals surface area contributed by atoms with Crippen LogP contribution >= 0.6 is 11.6 Å². The van der Waals surface area contributed by atoms with Crippen LogP contribution in [0, 0.1) is 6.92 Å². The molecule has 9 heteroatoms. The summed E-state index contributed by atoms with van der Waals surface area (Å²) in [5, 5.41) is 3.63. The third-order valence-corrected chi connectivity index (χ3v) is 9.69. The molecule has 1 saturated carbocycles. The van der Waals surface area contributed by atoms with Gasteiger partial charge < -0.3 is 10.2 Å². The second-order valence-corrected chi connectivity index (χ2v) is 12.8. The van der Waals surface area contributed by atoms with Crippen molar-refractivity contribution in [1.29, 1.82) is 0 Å². The molecule has 7 nitrogen and oxygen atoms in total. The minimum Gasteiger partial charge on any atom is -0.352 e. The molecule has 0 aromatic heterocycles. The van der Waals surface area contributed by atoms with Gasteiger partial charge in [-0.15, -0.1) is 0 Å². The lowest BCUT2D eigenvalue weighted by Crippen LogP contribution is -2.54. The molecule has 4 rings (SSSR count). The van der Waals surface area contributed by atoms with Crippen molar-refractivity contribution in [3.05, 3.63) is 95.0 Å². The summed E-state index contributed by atoms with van der Waals surface area (Å²) in [4.78, 5) is 29.4. The number of carbonyl (C=O) groups is 2. The minimum atomic E-state index is -4.10. The molecular formula is C32H38ClN3O4S. The predicted octanol–water partition coefficient (Wildman–Crippen LogP) is 6.10. The third kappa shape index (κ3) is 7.68. The Bertz CT molecular complexity index is 1440. The number of rotatable bonds is 11. The first-order valence-electron chi connectivity index (χ1n) is 14.2. The molecule has 1 atom stereocenters. The normalized spacial score (nSPS) is 14.7. The summed E-state index contributed by atoms with van der Waals surface area (Å²) in [5.41, 5.74) is 1.91. The van der Waals surface area contributed by atoms with Crippen LogP contribution in [-0.4, -0.2) is 43.8 Å². The first kappa shape index (κ1) is 30.6. The summed E-state index contributed by atoms with van der Waals surface area (Å²) in [6.07, 6.45) is 5.48. The summed E-state index contributed by atoms with van der Waals surface area (Å²) in [6.45, 7) is 3.32. The molecule has 2 amide bonds. The Morgan fingerprint density at radius 1 is 0.951 bits per heavy atom. The van der Waals surface area contributed by atoms with Crippen LogP contribution in [0.5, 0.6) is 0 Å². The number of carbonyl (C=O) groups excluding carboxylic acids is 2. The van der Waals surface area contributed by atoms with Gasteiger partial charge in [0.15, 0.2) is 0 Å². The molecule has 0 radical (unpaired) electrons. The minimum absolute atomic E-state index is 0.0716. The molecule has 0 spiro atoms. The van der Waals surface area contributed by atoms with Crippen molar-refractivity contribution in [2.24, 2.45) is 0 Å². The fraction of sp³-hybridized carbons (Fsp3) is 0.375. The molecule has 3 aromatic rings. The van der Waals surface area contributed by atoms with Crippen molar-refractivity contribution < 1.29 is 18.0 Å². The average Bonchev–Trinajstić information content (AvgIpc) is 2.97. The molecule has 1 aliphatic rings. The molecule has 0 saturated heterocycles. The van der Waals surface area contributed by atoms with Crippen LogP contribution in [0.4, 0.5) is 5.69 Å². The van der Waals surface area contributed by atoms with Crippen LogP contribution in [0.3, 0.4) is 0 Å². The van der Waals surface area contributed by atoms with E-state index in [-0.39, 0.29) is 23.4 Å². The van der Waals surface area contributed by atoms with E-state index in [4.69, 9.17) is 11.6 Å². The van der Waals surface area contributed by atoms with Crippen LogP contribution in [0.25, 0.3) is 0 Å². The highest BCUT2D eigenvalue weighted by atomic mass is 35.5. The quantitative estimate of drug-likeness (QED) is 0.290. The van der Waals surface area contributed by atoms with Gasteiger partial charge in [0.05, 0.1) is 10.6 Å². The second kappa shape index (κ2) is 14.0. The number of hydrogen-bond donors (Lipinski definition) is 1. The maximum absolute atomic E-state index is 14.2. The predicted molar refractivity (Wildman–Crippen MR) is 163 cm³/mol. The van der Waals surface area contributed by atoms with E-state index in [2.05, 4.69) is 5.32 Å². The fourth-order valence-electron chi connectivity index (χ4n) is 5.31. The highest BCUT2D eigenvalue weighted by molar-refractivity contribution is 7.92. The number of halogens is 1. The van der Waals surface area contributed by atoms with Crippen molar-refractivity contribution in [2.45, 2.75) is 75.9 Å². The summed E-state index contributed by atoms with van der Waals surface area (Å²) in [5.74, 6) is -0.718. The molecular weight excluding hydrogens is 558 g/mol. The van der Waals surface area contributed by atoms with Crippen LogP contribution in [0.15, 0.2) is 83.8 Å². The molecule has 0 bridgehead atoms. The smallest absolute Gasteiger partial charge is 0.264 e. The number of sulfonamides is 1. The van der Waals surface area contributed by atoms with Gasteiger partial charge >= 0.3 is 0 Å². The van der Waals surface area contributed by atoms with Gasteiger partial charge in [-0.1, -0.05) is 86.3 Å². The Kier molecular flexibility index (Phi) is 10.5. The topological polar surface area (TPSA) is 86.8 Å². The maximum Gasteiger partial charge on any atom is 0.264 e. The van der Waals surface area contributed by atoms with E-state index in [0.29, 0.717) is 22.7 Å². The first-order valence-corrected chi connectivity index (χ1v) is 16.0. The Hall–Kier alpha value is -3.36. The van der Waals surface area contributed by atoms with Crippen LogP contribution < -0.4 is 9.62 Å². The third-order valence-electron chi connectivity index (χ3n) is 7.54. The van der Waals surface area contributed by atoms with Crippen molar-refractivity contribution in [1.82, 2.24) is 10.2 Å². The van der Waals surface area contributed by atoms with Crippen molar-refractivity contribution in [3.63, 3.8) is 0 Å². The van der Waals surface area contributed by atoms with Gasteiger partial charge in [-0.05, 0) is 67.6 Å². The zero-order chi connectivity index (χ0) is 29.4. The molecule has 1 fully saturated rings. The lowest BCUT2D eigenvalue weighted by Gasteiger charge is -2.34. The molecule has 1 N–H and O–H groups in total. The van der Waals surface area contributed by atoms with E-state index in [1.807, 2.05) is 32.0 Å². The summed E-state index contributed by atoms with van der Waals surface area (Å²) < 4.78 is 28.9. The number of hydrogen-bond acceptors (Lipinski definition) is 4. The van der Waals surface area contributed by atoms with Gasteiger partial charge in [-0.25, -0.2) is 8.42 Å². The maximum atomic E-state index is 14.2. The lowest BCUT2D eigenvalue weighted by molar-refractivity contribution is -0.140. The molecule has 0 unspecified atom stereocenters. The van der Waals surface area contributed by atoms with Gasteiger partial charge in [0.2, 0.25) is 11.8 Å². The largest absolute Gasteiger partial charge is 0.352 e. The Labute approximate surface area is 248 Å². The molecule has 41 heavy (non-hydrogen) atoms. The Balaban J connectivity index is 1.71. The summed E-state index contributed by atoms with van der Waals surface area (Å²) in [6, 6.07) is 21.6. The number of aryl methyl sites for hydroxylation is 1. The van der Waals surface area contributed by atoms with E-state index < -0.39 is 28.5 Å². The van der Waals surface area contributed by atoms with Gasteiger partial charge in [-0.2, -0.15) is 0 Å². The van der Waals surface area contributed by atoms with E-state index in [1.54, 1.807) is 48.5 Å². The highest BCUT2D eigenvalue weighted by Crippen LogP contribution is 2.27. The fourth-order valence-corrected chi connectivity index (χ4v) is 6.93. The summed E-state index contributed by atoms with van der Waals surface area (Å²) >= 11 is 6.48. The number of nitrogens with one attached hydrogen (secondary N) is 1. The second-order valence-electron chi connectivity index (χ2n) is 10.5.